The molecule has 2 aromatic carbocycles. The molecule has 0 spiro atoms. The SMILES string of the molecule is CC(C)Oc1c(Br)cc(Br)cc1CNCCc1nc2ccccc2[nH]1. The summed E-state index contributed by atoms with van der Waals surface area (Å²) in [6.45, 7) is 5.64. The molecule has 0 aliphatic carbocycles. The molecule has 0 aliphatic rings. The number of para-hydroxylation sites is 2. The molecule has 0 amide bonds. The first-order valence-electron chi connectivity index (χ1n) is 8.32. The van der Waals surface area contributed by atoms with Gasteiger partial charge in [-0.2, -0.15) is 0 Å². The molecule has 0 atom stereocenters. The second-order valence-corrected chi connectivity index (χ2v) is 7.94. The standard InChI is InChI=1S/C19H21Br2N3O/c1-12(2)25-19-13(9-14(20)10-15(19)21)11-22-8-7-18-23-16-5-3-4-6-17(16)24-18/h3-6,9-10,12,22H,7-8,11H2,1-2H3,(H,23,24). The molecule has 25 heavy (non-hydrogen) atoms. The van der Waals surface area contributed by atoms with Crippen LogP contribution < -0.4 is 10.1 Å². The number of nitrogens with one attached hydrogen (secondary N) is 2. The molecule has 0 radical (unpaired) electrons. The number of benzene rings is 2. The van der Waals surface area contributed by atoms with Gasteiger partial charge in [0.2, 0.25) is 0 Å². The molecular weight excluding hydrogens is 446 g/mol. The van der Waals surface area contributed by atoms with Gasteiger partial charge in [-0.3, -0.25) is 0 Å². The van der Waals surface area contributed by atoms with Crippen molar-refractivity contribution in [3.63, 3.8) is 0 Å². The lowest BCUT2D eigenvalue weighted by molar-refractivity contribution is 0.238. The quantitative estimate of drug-likeness (QED) is 0.470. The number of H-pyrrole nitrogens is 1. The van der Waals surface area contributed by atoms with Crippen LogP contribution >= 0.6 is 31.9 Å². The average molecular weight is 467 g/mol. The highest BCUT2D eigenvalue weighted by Gasteiger charge is 2.12. The van der Waals surface area contributed by atoms with Gasteiger partial charge >= 0.3 is 0 Å². The monoisotopic (exact) mass is 465 g/mol. The predicted molar refractivity (Wildman–Crippen MR) is 109 cm³/mol. The number of hydrogen-bond acceptors (Lipinski definition) is 3. The minimum atomic E-state index is 0.131. The van der Waals surface area contributed by atoms with E-state index >= 15 is 0 Å². The van der Waals surface area contributed by atoms with Crippen LogP contribution in [0.2, 0.25) is 0 Å². The van der Waals surface area contributed by atoms with Gasteiger partial charge in [0.15, 0.2) is 0 Å². The van der Waals surface area contributed by atoms with Crippen molar-refractivity contribution in [3.8, 4) is 5.75 Å². The minimum absolute atomic E-state index is 0.131. The first kappa shape index (κ1) is 18.4. The van der Waals surface area contributed by atoms with Crippen LogP contribution in [0, 0.1) is 0 Å². The van der Waals surface area contributed by atoms with Crippen molar-refractivity contribution < 1.29 is 4.74 Å². The first-order chi connectivity index (χ1) is 12.0. The Morgan fingerprint density at radius 3 is 2.76 bits per heavy atom. The van der Waals surface area contributed by atoms with E-state index < -0.39 is 0 Å². The Hall–Kier alpha value is -1.37. The zero-order chi connectivity index (χ0) is 17.8. The maximum atomic E-state index is 5.96. The van der Waals surface area contributed by atoms with E-state index in [0.29, 0.717) is 0 Å². The van der Waals surface area contributed by atoms with Crippen LogP contribution in [0.3, 0.4) is 0 Å². The van der Waals surface area contributed by atoms with Gasteiger partial charge in [-0.05, 0) is 54.0 Å². The number of rotatable bonds is 7. The zero-order valence-corrected chi connectivity index (χ0v) is 17.4. The van der Waals surface area contributed by atoms with E-state index in [-0.39, 0.29) is 6.10 Å². The molecule has 0 saturated heterocycles. The lowest BCUT2D eigenvalue weighted by atomic mass is 10.2. The highest BCUT2D eigenvalue weighted by molar-refractivity contribution is 9.11. The van der Waals surface area contributed by atoms with Crippen molar-refractivity contribution in [2.24, 2.45) is 0 Å². The summed E-state index contributed by atoms with van der Waals surface area (Å²) in [6.07, 6.45) is 0.983. The number of fused-ring (bicyclic) bond motifs is 1. The summed E-state index contributed by atoms with van der Waals surface area (Å²) in [5.41, 5.74) is 3.22. The Balaban J connectivity index is 1.61. The molecule has 0 unspecified atom stereocenters. The summed E-state index contributed by atoms with van der Waals surface area (Å²) < 4.78 is 7.95. The summed E-state index contributed by atoms with van der Waals surface area (Å²) in [7, 11) is 0. The number of ether oxygens (including phenoxy) is 1. The lowest BCUT2D eigenvalue weighted by Gasteiger charge is -2.17. The summed E-state index contributed by atoms with van der Waals surface area (Å²) in [6, 6.07) is 12.2. The van der Waals surface area contributed by atoms with Crippen molar-refractivity contribution in [1.29, 1.82) is 0 Å². The molecule has 4 nitrogen and oxygen atoms in total. The zero-order valence-electron chi connectivity index (χ0n) is 14.3. The third-order valence-electron chi connectivity index (χ3n) is 3.73. The van der Waals surface area contributed by atoms with Crippen molar-refractivity contribution in [1.82, 2.24) is 15.3 Å². The van der Waals surface area contributed by atoms with E-state index in [1.807, 2.05) is 44.2 Å². The van der Waals surface area contributed by atoms with Crippen LogP contribution in [0.15, 0.2) is 45.3 Å². The molecular formula is C19H21Br2N3O. The summed E-state index contributed by atoms with van der Waals surface area (Å²) in [5.74, 6) is 1.90. The number of aromatic amines is 1. The summed E-state index contributed by atoms with van der Waals surface area (Å²) in [5, 5.41) is 3.48. The number of nitrogens with zero attached hydrogens (tertiary/aromatic N) is 1. The normalized spacial score (nSPS) is 11.4. The molecule has 1 heterocycles. The fourth-order valence-electron chi connectivity index (χ4n) is 2.67. The van der Waals surface area contributed by atoms with E-state index in [1.165, 1.54) is 0 Å². The maximum Gasteiger partial charge on any atom is 0.138 e. The van der Waals surface area contributed by atoms with Gasteiger partial charge in [0.05, 0.1) is 21.6 Å². The molecule has 3 aromatic rings. The number of halogens is 2. The van der Waals surface area contributed by atoms with Gasteiger partial charge < -0.3 is 15.0 Å². The Bertz CT molecular complexity index is 828. The molecule has 3 rings (SSSR count). The van der Waals surface area contributed by atoms with E-state index in [1.54, 1.807) is 0 Å². The Morgan fingerprint density at radius 1 is 1.20 bits per heavy atom. The molecule has 132 valence electrons. The van der Waals surface area contributed by atoms with Crippen LogP contribution in [-0.4, -0.2) is 22.6 Å². The third kappa shape index (κ3) is 4.84. The molecule has 0 bridgehead atoms. The summed E-state index contributed by atoms with van der Waals surface area (Å²) >= 11 is 7.14. The van der Waals surface area contributed by atoms with E-state index in [2.05, 4.69) is 53.2 Å². The predicted octanol–water partition coefficient (Wildman–Crippen LogP) is 5.21. The molecule has 6 heteroatoms. The van der Waals surface area contributed by atoms with Crippen molar-refractivity contribution in [3.05, 3.63) is 56.7 Å². The highest BCUT2D eigenvalue weighted by Crippen LogP contribution is 2.33. The molecule has 0 fully saturated rings. The molecule has 0 aliphatic heterocycles. The fourth-order valence-corrected chi connectivity index (χ4v) is 4.07. The topological polar surface area (TPSA) is 49.9 Å². The first-order valence-corrected chi connectivity index (χ1v) is 9.90. The average Bonchev–Trinajstić information content (AvgIpc) is 2.97. The molecule has 0 saturated carbocycles. The number of imidazole rings is 1. The maximum absolute atomic E-state index is 5.96. The van der Waals surface area contributed by atoms with Gasteiger partial charge in [0.25, 0.3) is 0 Å². The van der Waals surface area contributed by atoms with Gasteiger partial charge in [0, 0.05) is 29.5 Å². The third-order valence-corrected chi connectivity index (χ3v) is 4.78. The largest absolute Gasteiger partial charge is 0.489 e. The van der Waals surface area contributed by atoms with Crippen LogP contribution in [0.25, 0.3) is 11.0 Å². The fraction of sp³-hybridized carbons (Fsp3) is 0.316. The number of hydrogen-bond donors (Lipinski definition) is 2. The van der Waals surface area contributed by atoms with Crippen LogP contribution in [-0.2, 0) is 13.0 Å². The van der Waals surface area contributed by atoms with Gasteiger partial charge in [-0.25, -0.2) is 4.98 Å². The van der Waals surface area contributed by atoms with E-state index in [4.69, 9.17) is 4.74 Å². The lowest BCUT2D eigenvalue weighted by Crippen LogP contribution is -2.18. The van der Waals surface area contributed by atoms with Crippen molar-refractivity contribution in [2.45, 2.75) is 32.9 Å². The van der Waals surface area contributed by atoms with Crippen molar-refractivity contribution >= 4 is 42.9 Å². The summed E-state index contributed by atoms with van der Waals surface area (Å²) in [4.78, 5) is 7.97. The smallest absolute Gasteiger partial charge is 0.138 e. The second-order valence-electron chi connectivity index (χ2n) is 6.17. The van der Waals surface area contributed by atoms with Crippen LogP contribution in [0.4, 0.5) is 0 Å². The highest BCUT2D eigenvalue weighted by atomic mass is 79.9. The minimum Gasteiger partial charge on any atom is -0.489 e. The van der Waals surface area contributed by atoms with Crippen molar-refractivity contribution in [2.75, 3.05) is 6.54 Å². The van der Waals surface area contributed by atoms with Gasteiger partial charge in [-0.1, -0.05) is 28.1 Å². The van der Waals surface area contributed by atoms with Crippen LogP contribution in [0.1, 0.15) is 25.2 Å². The van der Waals surface area contributed by atoms with Crippen LogP contribution in [0.5, 0.6) is 5.75 Å². The second kappa shape index (κ2) is 8.34. The Morgan fingerprint density at radius 2 is 2.00 bits per heavy atom. The Kier molecular flexibility index (Phi) is 6.15. The molecule has 2 N–H and O–H groups in total. The van der Waals surface area contributed by atoms with Gasteiger partial charge in [0.1, 0.15) is 11.6 Å². The number of aromatic nitrogens is 2. The van der Waals surface area contributed by atoms with Gasteiger partial charge in [-0.15, -0.1) is 0 Å². The van der Waals surface area contributed by atoms with E-state index in [9.17, 15) is 0 Å². The van der Waals surface area contributed by atoms with E-state index in [0.717, 1.165) is 56.6 Å². The Labute approximate surface area is 164 Å². The molecule has 1 aromatic heterocycles.